The van der Waals surface area contributed by atoms with Gasteiger partial charge in [0, 0.05) is 18.2 Å². The van der Waals surface area contributed by atoms with E-state index >= 15 is 0 Å². The number of aliphatic hydroxyl groups excluding tert-OH is 1. The lowest BCUT2D eigenvalue weighted by molar-refractivity contribution is -0.134. The number of carbonyl (C=O) groups is 1. The minimum Gasteiger partial charge on any atom is -0.483 e. The van der Waals surface area contributed by atoms with Crippen molar-refractivity contribution in [3.05, 3.63) is 29.8 Å². The Morgan fingerprint density at radius 3 is 2.70 bits per heavy atom. The van der Waals surface area contributed by atoms with Crippen LogP contribution in [0.2, 0.25) is 0 Å². The maximum absolute atomic E-state index is 12.3. The fourth-order valence-electron chi connectivity index (χ4n) is 2.23. The van der Waals surface area contributed by atoms with Crippen LogP contribution in [0.3, 0.4) is 0 Å². The molecule has 0 aliphatic heterocycles. The van der Waals surface area contributed by atoms with Crippen LogP contribution in [0.5, 0.6) is 5.75 Å². The van der Waals surface area contributed by atoms with Gasteiger partial charge in [0.2, 0.25) is 0 Å². The summed E-state index contributed by atoms with van der Waals surface area (Å²) in [6.07, 6.45) is 2.21. The summed E-state index contributed by atoms with van der Waals surface area (Å²) in [7, 11) is 0. The zero-order chi connectivity index (χ0) is 14.5. The summed E-state index contributed by atoms with van der Waals surface area (Å²) in [6, 6.07) is 7.66. The molecule has 20 heavy (non-hydrogen) atoms. The van der Waals surface area contributed by atoms with E-state index in [2.05, 4.69) is 13.8 Å². The fourth-order valence-corrected chi connectivity index (χ4v) is 2.23. The average Bonchev–Trinajstić information content (AvgIpc) is 3.26. The Bertz CT molecular complexity index is 455. The van der Waals surface area contributed by atoms with E-state index in [0.717, 1.165) is 19.4 Å². The van der Waals surface area contributed by atoms with Crippen LogP contribution in [0, 0.1) is 5.92 Å². The summed E-state index contributed by atoms with van der Waals surface area (Å²) in [6.45, 7) is 4.98. The van der Waals surface area contributed by atoms with E-state index in [1.54, 1.807) is 12.1 Å². The van der Waals surface area contributed by atoms with Crippen molar-refractivity contribution in [3.63, 3.8) is 0 Å². The van der Waals surface area contributed by atoms with E-state index < -0.39 is 0 Å². The third-order valence-electron chi connectivity index (χ3n) is 3.36. The van der Waals surface area contributed by atoms with E-state index in [1.807, 2.05) is 17.0 Å². The van der Waals surface area contributed by atoms with Crippen LogP contribution in [-0.2, 0) is 11.4 Å². The van der Waals surface area contributed by atoms with Gasteiger partial charge in [-0.3, -0.25) is 4.79 Å². The lowest BCUT2D eigenvalue weighted by atomic mass is 10.2. The standard InChI is InChI=1S/C16H23NO3/c1-12(2)9-17(14-7-8-14)16(19)11-20-15-6-4-3-5-13(15)10-18/h3-6,12,14,18H,7-11H2,1-2H3. The Kier molecular flexibility index (Phi) is 5.01. The molecule has 0 radical (unpaired) electrons. The summed E-state index contributed by atoms with van der Waals surface area (Å²) in [5, 5.41) is 9.23. The highest BCUT2D eigenvalue weighted by molar-refractivity contribution is 5.78. The van der Waals surface area contributed by atoms with E-state index in [9.17, 15) is 9.90 Å². The summed E-state index contributed by atoms with van der Waals surface area (Å²) < 4.78 is 5.58. The third-order valence-corrected chi connectivity index (χ3v) is 3.36. The zero-order valence-electron chi connectivity index (χ0n) is 12.2. The topological polar surface area (TPSA) is 49.8 Å². The monoisotopic (exact) mass is 277 g/mol. The highest BCUT2D eigenvalue weighted by atomic mass is 16.5. The van der Waals surface area contributed by atoms with Crippen molar-refractivity contribution >= 4 is 5.91 Å². The molecule has 4 nitrogen and oxygen atoms in total. The Balaban J connectivity index is 1.93. The molecular weight excluding hydrogens is 254 g/mol. The predicted octanol–water partition coefficient (Wildman–Crippen LogP) is 2.20. The molecule has 0 heterocycles. The molecule has 0 saturated heterocycles. The van der Waals surface area contributed by atoms with Gasteiger partial charge in [-0.1, -0.05) is 32.0 Å². The smallest absolute Gasteiger partial charge is 0.260 e. The predicted molar refractivity (Wildman–Crippen MR) is 77.4 cm³/mol. The molecule has 1 aliphatic carbocycles. The summed E-state index contributed by atoms with van der Waals surface area (Å²) in [5.41, 5.74) is 0.710. The van der Waals surface area contributed by atoms with Crippen molar-refractivity contribution in [3.8, 4) is 5.75 Å². The molecule has 4 heteroatoms. The summed E-state index contributed by atoms with van der Waals surface area (Å²) in [5.74, 6) is 1.09. The van der Waals surface area contributed by atoms with Gasteiger partial charge in [-0.05, 0) is 24.8 Å². The Morgan fingerprint density at radius 2 is 2.10 bits per heavy atom. The second-order valence-corrected chi connectivity index (χ2v) is 5.73. The third kappa shape index (κ3) is 3.97. The highest BCUT2D eigenvalue weighted by Crippen LogP contribution is 2.28. The first kappa shape index (κ1) is 14.9. The van der Waals surface area contributed by atoms with Crippen LogP contribution in [0.1, 0.15) is 32.3 Å². The molecule has 1 aromatic carbocycles. The SMILES string of the molecule is CC(C)CN(C(=O)COc1ccccc1CO)C1CC1. The van der Waals surface area contributed by atoms with Gasteiger partial charge in [0.05, 0.1) is 6.61 Å². The zero-order valence-corrected chi connectivity index (χ0v) is 12.2. The van der Waals surface area contributed by atoms with Crippen LogP contribution in [0.25, 0.3) is 0 Å². The lowest BCUT2D eigenvalue weighted by Gasteiger charge is -2.24. The van der Waals surface area contributed by atoms with Crippen molar-refractivity contribution in [1.82, 2.24) is 4.90 Å². The molecule has 0 spiro atoms. The first-order valence-electron chi connectivity index (χ1n) is 7.23. The van der Waals surface area contributed by atoms with E-state index in [0.29, 0.717) is 23.3 Å². The maximum atomic E-state index is 12.3. The normalized spacial score (nSPS) is 14.4. The molecule has 1 fully saturated rings. The number of hydrogen-bond donors (Lipinski definition) is 1. The quantitative estimate of drug-likeness (QED) is 0.831. The highest BCUT2D eigenvalue weighted by Gasteiger charge is 2.32. The minimum absolute atomic E-state index is 0.0361. The van der Waals surface area contributed by atoms with Gasteiger partial charge >= 0.3 is 0 Å². The molecule has 1 aliphatic rings. The van der Waals surface area contributed by atoms with Crippen LogP contribution in [0.15, 0.2) is 24.3 Å². The minimum atomic E-state index is -0.0807. The fraction of sp³-hybridized carbons (Fsp3) is 0.562. The second kappa shape index (κ2) is 6.75. The maximum Gasteiger partial charge on any atom is 0.260 e. The van der Waals surface area contributed by atoms with Crippen LogP contribution < -0.4 is 4.74 Å². The number of aliphatic hydroxyl groups is 1. The molecule has 0 unspecified atom stereocenters. The van der Waals surface area contributed by atoms with Crippen molar-refractivity contribution in [2.45, 2.75) is 39.3 Å². The average molecular weight is 277 g/mol. The first-order chi connectivity index (χ1) is 9.61. The van der Waals surface area contributed by atoms with Crippen molar-refractivity contribution in [1.29, 1.82) is 0 Å². The molecule has 1 N–H and O–H groups in total. The number of ether oxygens (including phenoxy) is 1. The molecule has 1 amide bonds. The van der Waals surface area contributed by atoms with Gasteiger partial charge in [0.15, 0.2) is 6.61 Å². The number of amides is 1. The molecule has 0 bridgehead atoms. The van der Waals surface area contributed by atoms with Crippen LogP contribution in [0.4, 0.5) is 0 Å². The molecule has 1 aromatic rings. The van der Waals surface area contributed by atoms with Crippen molar-refractivity contribution < 1.29 is 14.6 Å². The first-order valence-corrected chi connectivity index (χ1v) is 7.23. The van der Waals surface area contributed by atoms with Gasteiger partial charge < -0.3 is 14.7 Å². The van der Waals surface area contributed by atoms with Gasteiger partial charge in [0.1, 0.15) is 5.75 Å². The van der Waals surface area contributed by atoms with E-state index in [-0.39, 0.29) is 19.1 Å². The number of hydrogen-bond acceptors (Lipinski definition) is 3. The van der Waals surface area contributed by atoms with Crippen LogP contribution >= 0.6 is 0 Å². The molecule has 2 rings (SSSR count). The molecule has 110 valence electrons. The van der Waals surface area contributed by atoms with E-state index in [1.165, 1.54) is 0 Å². The number of para-hydroxylation sites is 1. The Hall–Kier alpha value is -1.55. The van der Waals surface area contributed by atoms with E-state index in [4.69, 9.17) is 4.74 Å². The largest absolute Gasteiger partial charge is 0.483 e. The second-order valence-electron chi connectivity index (χ2n) is 5.73. The Morgan fingerprint density at radius 1 is 1.40 bits per heavy atom. The number of nitrogens with zero attached hydrogens (tertiary/aromatic N) is 1. The van der Waals surface area contributed by atoms with Crippen molar-refractivity contribution in [2.24, 2.45) is 5.92 Å². The Labute approximate surface area is 120 Å². The molecule has 0 atom stereocenters. The molecule has 1 saturated carbocycles. The number of benzene rings is 1. The van der Waals surface area contributed by atoms with Gasteiger partial charge in [0.25, 0.3) is 5.91 Å². The summed E-state index contributed by atoms with van der Waals surface area (Å²) >= 11 is 0. The number of rotatable bonds is 7. The van der Waals surface area contributed by atoms with Crippen LogP contribution in [-0.4, -0.2) is 35.1 Å². The van der Waals surface area contributed by atoms with Gasteiger partial charge in [-0.15, -0.1) is 0 Å². The lowest BCUT2D eigenvalue weighted by Crippen LogP contribution is -2.39. The molecular formula is C16H23NO3. The van der Waals surface area contributed by atoms with Crippen molar-refractivity contribution in [2.75, 3.05) is 13.2 Å². The number of carbonyl (C=O) groups excluding carboxylic acids is 1. The van der Waals surface area contributed by atoms with Gasteiger partial charge in [-0.25, -0.2) is 0 Å². The van der Waals surface area contributed by atoms with Gasteiger partial charge in [-0.2, -0.15) is 0 Å². The molecule has 0 aromatic heterocycles. The summed E-state index contributed by atoms with van der Waals surface area (Å²) in [4.78, 5) is 14.2.